The van der Waals surface area contributed by atoms with Gasteiger partial charge in [0, 0.05) is 30.1 Å². The third-order valence-corrected chi connectivity index (χ3v) is 3.68. The molecule has 0 unspecified atom stereocenters. The number of hydrogen-bond donors (Lipinski definition) is 1. The number of halogens is 1. The molecule has 1 aromatic heterocycles. The van der Waals surface area contributed by atoms with E-state index in [4.69, 9.17) is 4.74 Å². The second-order valence-corrected chi connectivity index (χ2v) is 5.11. The number of rotatable bonds is 7. The molecule has 0 radical (unpaired) electrons. The van der Waals surface area contributed by atoms with E-state index in [1.807, 2.05) is 36.6 Å². The Kier molecular flexibility index (Phi) is 5.51. The normalized spacial score (nSPS) is 10.8. The summed E-state index contributed by atoms with van der Waals surface area (Å²) in [7, 11) is 0. The van der Waals surface area contributed by atoms with E-state index < -0.39 is 0 Å². The maximum Gasteiger partial charge on any atom is 0.131 e. The van der Waals surface area contributed by atoms with Gasteiger partial charge in [-0.3, -0.25) is 0 Å². The first kappa shape index (κ1) is 14.2. The zero-order valence-electron chi connectivity index (χ0n) is 11.0. The molecule has 0 aliphatic heterocycles. The van der Waals surface area contributed by atoms with Gasteiger partial charge in [-0.05, 0) is 36.1 Å². The minimum atomic E-state index is -0.166. The van der Waals surface area contributed by atoms with E-state index >= 15 is 0 Å². The lowest BCUT2D eigenvalue weighted by molar-refractivity contribution is 0.149. The van der Waals surface area contributed by atoms with Crippen LogP contribution < -0.4 is 5.32 Å². The highest BCUT2D eigenvalue weighted by Crippen LogP contribution is 2.28. The van der Waals surface area contributed by atoms with Crippen LogP contribution >= 0.6 is 11.3 Å². The molecule has 19 heavy (non-hydrogen) atoms. The van der Waals surface area contributed by atoms with E-state index in [1.165, 1.54) is 6.07 Å². The third-order valence-electron chi connectivity index (χ3n) is 2.77. The first-order chi connectivity index (χ1) is 9.31. The molecule has 0 aliphatic rings. The summed E-state index contributed by atoms with van der Waals surface area (Å²) in [5.74, 6) is -0.166. The standard InChI is InChI=1S/C15H18FNOS/c1-2-18-8-7-17-11-12-5-6-14(16)13(10-12)15-4-3-9-19-15/h3-6,9-10,17H,2,7-8,11H2,1H3. The highest BCUT2D eigenvalue weighted by molar-refractivity contribution is 7.13. The number of hydrogen-bond acceptors (Lipinski definition) is 3. The number of ether oxygens (including phenoxy) is 1. The fourth-order valence-corrected chi connectivity index (χ4v) is 2.57. The Hall–Kier alpha value is -1.23. The smallest absolute Gasteiger partial charge is 0.131 e. The van der Waals surface area contributed by atoms with Gasteiger partial charge in [-0.1, -0.05) is 12.1 Å². The second-order valence-electron chi connectivity index (χ2n) is 4.17. The molecule has 0 atom stereocenters. The number of nitrogens with one attached hydrogen (secondary N) is 1. The summed E-state index contributed by atoms with van der Waals surface area (Å²) < 4.78 is 19.0. The molecule has 102 valence electrons. The molecule has 0 spiro atoms. The van der Waals surface area contributed by atoms with Crippen molar-refractivity contribution in [2.45, 2.75) is 13.5 Å². The van der Waals surface area contributed by atoms with Crippen LogP contribution in [-0.2, 0) is 11.3 Å². The molecule has 1 heterocycles. The largest absolute Gasteiger partial charge is 0.380 e. The summed E-state index contributed by atoms with van der Waals surface area (Å²) >= 11 is 1.55. The average Bonchev–Trinajstić information content (AvgIpc) is 2.94. The Morgan fingerprint density at radius 3 is 2.95 bits per heavy atom. The van der Waals surface area contributed by atoms with Gasteiger partial charge in [-0.2, -0.15) is 0 Å². The van der Waals surface area contributed by atoms with Gasteiger partial charge in [-0.25, -0.2) is 4.39 Å². The van der Waals surface area contributed by atoms with Gasteiger partial charge in [0.1, 0.15) is 5.82 Å². The Morgan fingerprint density at radius 2 is 2.21 bits per heavy atom. The topological polar surface area (TPSA) is 21.3 Å². The van der Waals surface area contributed by atoms with Gasteiger partial charge in [0.15, 0.2) is 0 Å². The summed E-state index contributed by atoms with van der Waals surface area (Å²) in [5, 5.41) is 5.24. The summed E-state index contributed by atoms with van der Waals surface area (Å²) in [5.41, 5.74) is 1.76. The zero-order chi connectivity index (χ0) is 13.5. The van der Waals surface area contributed by atoms with E-state index in [2.05, 4.69) is 5.32 Å². The first-order valence-corrected chi connectivity index (χ1v) is 7.30. The molecule has 2 nitrogen and oxygen atoms in total. The average molecular weight is 279 g/mol. The first-order valence-electron chi connectivity index (χ1n) is 6.42. The molecule has 0 aliphatic carbocycles. The Morgan fingerprint density at radius 1 is 1.32 bits per heavy atom. The Labute approximate surface area is 117 Å². The van der Waals surface area contributed by atoms with Gasteiger partial charge in [0.2, 0.25) is 0 Å². The quantitative estimate of drug-likeness (QED) is 0.781. The van der Waals surface area contributed by atoms with Crippen LogP contribution in [0.5, 0.6) is 0 Å². The molecule has 1 N–H and O–H groups in total. The molecule has 0 amide bonds. The van der Waals surface area contributed by atoms with Crippen LogP contribution in [0, 0.1) is 5.82 Å². The lowest BCUT2D eigenvalue weighted by Crippen LogP contribution is -2.19. The summed E-state index contributed by atoms with van der Waals surface area (Å²) in [6, 6.07) is 9.14. The van der Waals surface area contributed by atoms with E-state index in [1.54, 1.807) is 11.3 Å². The van der Waals surface area contributed by atoms with Crippen molar-refractivity contribution in [2.75, 3.05) is 19.8 Å². The van der Waals surface area contributed by atoms with E-state index in [0.717, 1.165) is 30.1 Å². The minimum Gasteiger partial charge on any atom is -0.380 e. The van der Waals surface area contributed by atoms with Crippen molar-refractivity contribution in [2.24, 2.45) is 0 Å². The summed E-state index contributed by atoms with van der Waals surface area (Å²) in [6.07, 6.45) is 0. The van der Waals surface area contributed by atoms with Crippen LogP contribution in [0.1, 0.15) is 12.5 Å². The highest BCUT2D eigenvalue weighted by atomic mass is 32.1. The zero-order valence-corrected chi connectivity index (χ0v) is 11.8. The monoisotopic (exact) mass is 279 g/mol. The van der Waals surface area contributed by atoms with Crippen molar-refractivity contribution >= 4 is 11.3 Å². The van der Waals surface area contributed by atoms with Crippen molar-refractivity contribution in [1.29, 1.82) is 0 Å². The van der Waals surface area contributed by atoms with E-state index in [-0.39, 0.29) is 5.82 Å². The van der Waals surface area contributed by atoms with Crippen molar-refractivity contribution in [3.63, 3.8) is 0 Å². The molecule has 2 rings (SSSR count). The molecule has 0 bridgehead atoms. The fraction of sp³-hybridized carbons (Fsp3) is 0.333. The second kappa shape index (κ2) is 7.38. The SMILES string of the molecule is CCOCCNCc1ccc(F)c(-c2cccs2)c1. The van der Waals surface area contributed by atoms with Gasteiger partial charge in [-0.15, -0.1) is 11.3 Å². The van der Waals surface area contributed by atoms with Gasteiger partial charge >= 0.3 is 0 Å². The van der Waals surface area contributed by atoms with Crippen LogP contribution in [0.3, 0.4) is 0 Å². The van der Waals surface area contributed by atoms with Crippen LogP contribution in [-0.4, -0.2) is 19.8 Å². The molecule has 0 saturated carbocycles. The third kappa shape index (κ3) is 4.13. The number of benzene rings is 1. The minimum absolute atomic E-state index is 0.166. The fourth-order valence-electron chi connectivity index (χ4n) is 1.82. The van der Waals surface area contributed by atoms with Crippen molar-refractivity contribution in [3.8, 4) is 10.4 Å². The van der Waals surface area contributed by atoms with Gasteiger partial charge in [0.05, 0.1) is 6.61 Å². The van der Waals surface area contributed by atoms with E-state index in [0.29, 0.717) is 12.2 Å². The molecule has 2 aromatic rings. The van der Waals surface area contributed by atoms with Gasteiger partial charge in [0.25, 0.3) is 0 Å². The van der Waals surface area contributed by atoms with Gasteiger partial charge < -0.3 is 10.1 Å². The molecular formula is C15H18FNOS. The van der Waals surface area contributed by atoms with Crippen molar-refractivity contribution in [1.82, 2.24) is 5.32 Å². The molecular weight excluding hydrogens is 261 g/mol. The Bertz CT molecular complexity index is 499. The van der Waals surface area contributed by atoms with Crippen molar-refractivity contribution in [3.05, 3.63) is 47.1 Å². The molecule has 1 aromatic carbocycles. The van der Waals surface area contributed by atoms with Crippen molar-refractivity contribution < 1.29 is 9.13 Å². The van der Waals surface area contributed by atoms with E-state index in [9.17, 15) is 4.39 Å². The van der Waals surface area contributed by atoms with Crippen LogP contribution in [0.15, 0.2) is 35.7 Å². The maximum atomic E-state index is 13.8. The molecule has 0 saturated heterocycles. The molecule has 0 fully saturated rings. The van der Waals surface area contributed by atoms with Crippen LogP contribution in [0.25, 0.3) is 10.4 Å². The lowest BCUT2D eigenvalue weighted by Gasteiger charge is -2.07. The number of thiophene rings is 1. The highest BCUT2D eigenvalue weighted by Gasteiger charge is 2.07. The predicted octanol–water partition coefficient (Wildman–Crippen LogP) is 3.68. The van der Waals surface area contributed by atoms with Crippen LogP contribution in [0.4, 0.5) is 4.39 Å². The summed E-state index contributed by atoms with van der Waals surface area (Å²) in [4.78, 5) is 0.966. The summed E-state index contributed by atoms with van der Waals surface area (Å²) in [6.45, 7) is 4.95. The Balaban J connectivity index is 1.97. The van der Waals surface area contributed by atoms with Crippen LogP contribution in [0.2, 0.25) is 0 Å². The molecule has 4 heteroatoms. The lowest BCUT2D eigenvalue weighted by atomic mass is 10.1. The predicted molar refractivity (Wildman–Crippen MR) is 77.9 cm³/mol. The maximum absolute atomic E-state index is 13.8.